The third-order valence-corrected chi connectivity index (χ3v) is 3.22. The molecule has 0 aliphatic rings. The molecule has 2 aromatic carbocycles. The molecular weight excluding hydrogens is 339 g/mol. The number of benzene rings is 2. The van der Waals surface area contributed by atoms with Crippen LogP contribution in [0.1, 0.15) is 21.5 Å². The van der Waals surface area contributed by atoms with E-state index in [1.54, 1.807) is 25.1 Å². The van der Waals surface area contributed by atoms with E-state index in [1.807, 2.05) is 0 Å². The first kappa shape index (κ1) is 15.2. The second-order valence-electron chi connectivity index (χ2n) is 4.39. The maximum atomic E-state index is 13.6. The molecule has 4 nitrogen and oxygen atoms in total. The lowest BCUT2D eigenvalue weighted by Crippen LogP contribution is -2.19. The third-order valence-electron chi connectivity index (χ3n) is 2.73. The molecule has 2 aromatic rings. The van der Waals surface area contributed by atoms with Crippen molar-refractivity contribution in [2.45, 2.75) is 6.92 Å². The van der Waals surface area contributed by atoms with Gasteiger partial charge in [0.15, 0.2) is 0 Å². The number of carbonyl (C=O) groups is 1. The number of hydrazone groups is 1. The Hall–Kier alpha value is -2.21. The molecule has 0 unspecified atom stereocenters. The number of phenols is 1. The van der Waals surface area contributed by atoms with Crippen molar-refractivity contribution in [2.24, 2.45) is 5.10 Å². The highest BCUT2D eigenvalue weighted by Gasteiger charge is 2.10. The molecule has 6 heteroatoms. The Morgan fingerprint density at radius 1 is 1.33 bits per heavy atom. The zero-order chi connectivity index (χ0) is 15.4. The fourth-order valence-electron chi connectivity index (χ4n) is 1.65. The van der Waals surface area contributed by atoms with Gasteiger partial charge in [0.25, 0.3) is 5.91 Å². The van der Waals surface area contributed by atoms with Crippen LogP contribution < -0.4 is 5.43 Å². The second kappa shape index (κ2) is 6.49. The Bertz CT molecular complexity index is 717. The van der Waals surface area contributed by atoms with E-state index in [2.05, 4.69) is 26.5 Å². The number of carbonyl (C=O) groups excluding carboxylic acids is 1. The highest BCUT2D eigenvalue weighted by Crippen LogP contribution is 2.20. The van der Waals surface area contributed by atoms with Crippen LogP contribution in [0.25, 0.3) is 0 Å². The van der Waals surface area contributed by atoms with Crippen molar-refractivity contribution in [1.82, 2.24) is 5.43 Å². The molecule has 2 N–H and O–H groups in total. The van der Waals surface area contributed by atoms with Crippen LogP contribution in [0.3, 0.4) is 0 Å². The molecule has 0 aliphatic heterocycles. The number of aromatic hydroxyl groups is 1. The number of hydrogen-bond donors (Lipinski definition) is 2. The van der Waals surface area contributed by atoms with Crippen LogP contribution in [0.5, 0.6) is 5.75 Å². The Balaban J connectivity index is 2.10. The minimum absolute atomic E-state index is 0.0257. The molecular formula is C15H12BrFN2O2. The number of halogens is 2. The van der Waals surface area contributed by atoms with Gasteiger partial charge in [-0.15, -0.1) is 0 Å². The van der Waals surface area contributed by atoms with Gasteiger partial charge in [-0.3, -0.25) is 4.79 Å². The summed E-state index contributed by atoms with van der Waals surface area (Å²) in [4.78, 5) is 11.8. The van der Waals surface area contributed by atoms with Crippen molar-refractivity contribution >= 4 is 28.1 Å². The first-order valence-electron chi connectivity index (χ1n) is 6.05. The highest BCUT2D eigenvalue weighted by molar-refractivity contribution is 9.10. The summed E-state index contributed by atoms with van der Waals surface area (Å²) in [6.45, 7) is 1.74. The molecule has 1 amide bonds. The predicted molar refractivity (Wildman–Crippen MR) is 82.0 cm³/mol. The SMILES string of the molecule is Cc1ccc(C(=O)N/N=C/c2cc(Br)ccc2O)c(F)c1. The summed E-state index contributed by atoms with van der Waals surface area (Å²) in [5.41, 5.74) is 3.29. The molecule has 0 aliphatic carbocycles. The first-order valence-corrected chi connectivity index (χ1v) is 6.85. The van der Waals surface area contributed by atoms with Gasteiger partial charge in [0.1, 0.15) is 11.6 Å². The quantitative estimate of drug-likeness (QED) is 0.658. The van der Waals surface area contributed by atoms with E-state index in [9.17, 15) is 14.3 Å². The summed E-state index contributed by atoms with van der Waals surface area (Å²) in [6, 6.07) is 9.12. The smallest absolute Gasteiger partial charge is 0.274 e. The normalized spacial score (nSPS) is 10.8. The Labute approximate surface area is 129 Å². The van der Waals surface area contributed by atoms with E-state index in [1.165, 1.54) is 24.4 Å². The van der Waals surface area contributed by atoms with Crippen molar-refractivity contribution in [2.75, 3.05) is 0 Å². The molecule has 0 radical (unpaired) electrons. The molecule has 21 heavy (non-hydrogen) atoms. The van der Waals surface area contributed by atoms with E-state index in [4.69, 9.17) is 0 Å². The van der Waals surface area contributed by atoms with E-state index < -0.39 is 11.7 Å². The highest BCUT2D eigenvalue weighted by atomic mass is 79.9. The molecule has 0 atom stereocenters. The van der Waals surface area contributed by atoms with E-state index >= 15 is 0 Å². The van der Waals surface area contributed by atoms with Crippen LogP contribution in [0, 0.1) is 12.7 Å². The van der Waals surface area contributed by atoms with Crippen molar-refractivity contribution < 1.29 is 14.3 Å². The van der Waals surface area contributed by atoms with Crippen LogP contribution >= 0.6 is 15.9 Å². The number of rotatable bonds is 3. The molecule has 0 aromatic heterocycles. The maximum absolute atomic E-state index is 13.6. The monoisotopic (exact) mass is 350 g/mol. The van der Waals surface area contributed by atoms with Gasteiger partial charge < -0.3 is 5.11 Å². The molecule has 0 heterocycles. The van der Waals surface area contributed by atoms with Gasteiger partial charge in [-0.25, -0.2) is 9.82 Å². The average molecular weight is 351 g/mol. The van der Waals surface area contributed by atoms with Gasteiger partial charge in [-0.2, -0.15) is 5.10 Å². The summed E-state index contributed by atoms with van der Waals surface area (Å²) < 4.78 is 14.4. The lowest BCUT2D eigenvalue weighted by molar-refractivity contribution is 0.0951. The molecule has 2 rings (SSSR count). The van der Waals surface area contributed by atoms with Gasteiger partial charge in [0.05, 0.1) is 11.8 Å². The zero-order valence-corrected chi connectivity index (χ0v) is 12.7. The van der Waals surface area contributed by atoms with Crippen LogP contribution in [0.15, 0.2) is 46.0 Å². The summed E-state index contributed by atoms with van der Waals surface area (Å²) in [5, 5.41) is 13.3. The van der Waals surface area contributed by atoms with Crippen molar-refractivity contribution in [1.29, 1.82) is 0 Å². The van der Waals surface area contributed by atoms with Crippen LogP contribution in [0.2, 0.25) is 0 Å². The minimum atomic E-state index is -0.654. The molecule has 0 spiro atoms. The van der Waals surface area contributed by atoms with E-state index in [0.29, 0.717) is 5.56 Å². The summed E-state index contributed by atoms with van der Waals surface area (Å²) >= 11 is 3.26. The van der Waals surface area contributed by atoms with Crippen molar-refractivity contribution in [3.05, 3.63) is 63.4 Å². The number of amides is 1. The number of aryl methyl sites for hydroxylation is 1. The fraction of sp³-hybridized carbons (Fsp3) is 0.0667. The second-order valence-corrected chi connectivity index (χ2v) is 5.30. The van der Waals surface area contributed by atoms with Crippen LogP contribution in [-0.2, 0) is 0 Å². The lowest BCUT2D eigenvalue weighted by Gasteiger charge is -2.03. The zero-order valence-electron chi connectivity index (χ0n) is 11.1. The Morgan fingerprint density at radius 3 is 2.81 bits per heavy atom. The lowest BCUT2D eigenvalue weighted by atomic mass is 10.1. The molecule has 0 saturated heterocycles. The summed E-state index contributed by atoms with van der Waals surface area (Å²) in [6.07, 6.45) is 1.28. The molecule has 108 valence electrons. The maximum Gasteiger partial charge on any atom is 0.274 e. The van der Waals surface area contributed by atoms with Gasteiger partial charge in [-0.05, 0) is 42.8 Å². The van der Waals surface area contributed by atoms with Gasteiger partial charge in [0.2, 0.25) is 0 Å². The van der Waals surface area contributed by atoms with Crippen molar-refractivity contribution in [3.63, 3.8) is 0 Å². The van der Waals surface area contributed by atoms with Gasteiger partial charge in [-0.1, -0.05) is 22.0 Å². The Morgan fingerprint density at radius 2 is 2.10 bits per heavy atom. The molecule has 0 bridgehead atoms. The summed E-state index contributed by atoms with van der Waals surface area (Å²) in [7, 11) is 0. The standard InChI is InChI=1S/C15H12BrFN2O2/c1-9-2-4-12(13(17)6-9)15(21)19-18-8-10-7-11(16)3-5-14(10)20/h2-8,20H,1H3,(H,19,21)/b18-8+. The van der Waals surface area contributed by atoms with Crippen LogP contribution in [0.4, 0.5) is 4.39 Å². The molecule has 0 saturated carbocycles. The topological polar surface area (TPSA) is 61.7 Å². The van der Waals surface area contributed by atoms with Crippen molar-refractivity contribution in [3.8, 4) is 5.75 Å². The third kappa shape index (κ3) is 3.88. The number of nitrogens with zero attached hydrogens (tertiary/aromatic N) is 1. The van der Waals surface area contributed by atoms with Gasteiger partial charge >= 0.3 is 0 Å². The molecule has 0 fully saturated rings. The van der Waals surface area contributed by atoms with Gasteiger partial charge in [0, 0.05) is 10.0 Å². The minimum Gasteiger partial charge on any atom is -0.507 e. The fourth-order valence-corrected chi connectivity index (χ4v) is 2.03. The average Bonchev–Trinajstić information content (AvgIpc) is 2.42. The Kier molecular flexibility index (Phi) is 4.70. The van der Waals surface area contributed by atoms with E-state index in [-0.39, 0.29) is 11.3 Å². The number of hydrogen-bond acceptors (Lipinski definition) is 3. The number of phenolic OH excluding ortho intramolecular Hbond substituents is 1. The van der Waals surface area contributed by atoms with Crippen LogP contribution in [-0.4, -0.2) is 17.2 Å². The predicted octanol–water partition coefficient (Wildman–Crippen LogP) is 3.37. The van der Waals surface area contributed by atoms with E-state index in [0.717, 1.165) is 10.0 Å². The summed E-state index contributed by atoms with van der Waals surface area (Å²) in [5.74, 6) is -1.23. The first-order chi connectivity index (χ1) is 9.97. The number of nitrogens with one attached hydrogen (secondary N) is 1. The largest absolute Gasteiger partial charge is 0.507 e.